The predicted octanol–water partition coefficient (Wildman–Crippen LogP) is 3.23. The first-order valence-corrected chi connectivity index (χ1v) is 6.22. The van der Waals surface area contributed by atoms with Crippen molar-refractivity contribution in [3.8, 4) is 0 Å². The Kier molecular flexibility index (Phi) is 3.22. The van der Waals surface area contributed by atoms with Crippen LogP contribution in [0, 0.1) is 5.92 Å². The normalized spacial score (nSPS) is 18.8. The Morgan fingerprint density at radius 1 is 1.53 bits per heavy atom. The van der Waals surface area contributed by atoms with Gasteiger partial charge in [0.2, 0.25) is 0 Å². The van der Waals surface area contributed by atoms with E-state index in [9.17, 15) is 4.79 Å². The maximum absolute atomic E-state index is 11.1. The van der Waals surface area contributed by atoms with Gasteiger partial charge in [-0.25, -0.2) is 9.78 Å². The van der Waals surface area contributed by atoms with Crippen molar-refractivity contribution in [1.29, 1.82) is 0 Å². The SMILES string of the molecule is CC(C)CC1(c2ocnc2C(=O)O)CCCC1. The summed E-state index contributed by atoms with van der Waals surface area (Å²) in [4.78, 5) is 15.0. The van der Waals surface area contributed by atoms with Gasteiger partial charge in [-0.2, -0.15) is 0 Å². The zero-order valence-corrected chi connectivity index (χ0v) is 10.4. The van der Waals surface area contributed by atoms with Gasteiger partial charge in [0.05, 0.1) is 0 Å². The maximum atomic E-state index is 11.1. The molecule has 1 aliphatic carbocycles. The number of carbonyl (C=O) groups is 1. The number of aromatic nitrogens is 1. The highest BCUT2D eigenvalue weighted by atomic mass is 16.4. The standard InChI is InChI=1S/C13H19NO3/c1-9(2)7-13(5-3-4-6-13)11-10(12(15)16)14-8-17-11/h8-9H,3-7H2,1-2H3,(H,15,16). The summed E-state index contributed by atoms with van der Waals surface area (Å²) in [5.41, 5.74) is 0.00539. The fourth-order valence-corrected chi connectivity index (χ4v) is 3.13. The summed E-state index contributed by atoms with van der Waals surface area (Å²) in [6.07, 6.45) is 6.56. The van der Waals surface area contributed by atoms with Gasteiger partial charge in [-0.3, -0.25) is 0 Å². The number of rotatable bonds is 4. The molecule has 0 amide bonds. The second-order valence-corrected chi connectivity index (χ2v) is 5.42. The van der Waals surface area contributed by atoms with Crippen LogP contribution in [0.5, 0.6) is 0 Å². The number of oxazole rings is 1. The third-order valence-corrected chi connectivity index (χ3v) is 3.61. The molecule has 17 heavy (non-hydrogen) atoms. The van der Waals surface area contributed by atoms with E-state index in [2.05, 4.69) is 18.8 Å². The van der Waals surface area contributed by atoms with Crippen molar-refractivity contribution in [2.24, 2.45) is 5.92 Å². The smallest absolute Gasteiger partial charge is 0.358 e. The lowest BCUT2D eigenvalue weighted by atomic mass is 9.76. The van der Waals surface area contributed by atoms with Crippen molar-refractivity contribution in [3.05, 3.63) is 17.8 Å². The van der Waals surface area contributed by atoms with E-state index in [0.29, 0.717) is 11.7 Å². The Morgan fingerprint density at radius 3 is 2.71 bits per heavy atom. The van der Waals surface area contributed by atoms with Crippen molar-refractivity contribution in [2.75, 3.05) is 0 Å². The molecule has 94 valence electrons. The van der Waals surface area contributed by atoms with E-state index in [1.165, 1.54) is 6.39 Å². The molecule has 4 nitrogen and oxygen atoms in total. The van der Waals surface area contributed by atoms with Gasteiger partial charge in [-0.05, 0) is 25.2 Å². The van der Waals surface area contributed by atoms with Crippen molar-refractivity contribution in [2.45, 2.75) is 51.4 Å². The van der Waals surface area contributed by atoms with E-state index in [-0.39, 0.29) is 11.1 Å². The maximum Gasteiger partial charge on any atom is 0.358 e. The Bertz CT molecular complexity index is 403. The van der Waals surface area contributed by atoms with Gasteiger partial charge in [0.1, 0.15) is 5.76 Å². The van der Waals surface area contributed by atoms with Crippen molar-refractivity contribution < 1.29 is 14.3 Å². The van der Waals surface area contributed by atoms with Crippen LogP contribution in [0.25, 0.3) is 0 Å². The van der Waals surface area contributed by atoms with Gasteiger partial charge in [-0.1, -0.05) is 26.7 Å². The van der Waals surface area contributed by atoms with Crippen LogP contribution in [-0.2, 0) is 5.41 Å². The molecule has 0 bridgehead atoms. The molecule has 4 heteroatoms. The molecule has 0 unspecified atom stereocenters. The molecule has 1 N–H and O–H groups in total. The minimum Gasteiger partial charge on any atom is -0.476 e. The molecule has 1 saturated carbocycles. The molecular weight excluding hydrogens is 218 g/mol. The summed E-state index contributed by atoms with van der Waals surface area (Å²) in [6.45, 7) is 4.33. The van der Waals surface area contributed by atoms with Crippen LogP contribution in [0.1, 0.15) is 62.2 Å². The fraction of sp³-hybridized carbons (Fsp3) is 0.692. The van der Waals surface area contributed by atoms with E-state index >= 15 is 0 Å². The van der Waals surface area contributed by atoms with E-state index in [4.69, 9.17) is 9.52 Å². The molecule has 0 saturated heterocycles. The average molecular weight is 237 g/mol. The van der Waals surface area contributed by atoms with Crippen LogP contribution in [0.2, 0.25) is 0 Å². The van der Waals surface area contributed by atoms with Gasteiger partial charge in [-0.15, -0.1) is 0 Å². The number of aromatic carboxylic acids is 1. The quantitative estimate of drug-likeness (QED) is 0.873. The van der Waals surface area contributed by atoms with Gasteiger partial charge in [0.15, 0.2) is 12.1 Å². The number of nitrogens with zero attached hydrogens (tertiary/aromatic N) is 1. The Morgan fingerprint density at radius 2 is 2.18 bits per heavy atom. The van der Waals surface area contributed by atoms with E-state index in [1.807, 2.05) is 0 Å². The second kappa shape index (κ2) is 4.51. The molecular formula is C13H19NO3. The van der Waals surface area contributed by atoms with Crippen LogP contribution in [0.3, 0.4) is 0 Å². The molecule has 1 fully saturated rings. The minimum absolute atomic E-state index is 0.0988. The first-order valence-electron chi connectivity index (χ1n) is 6.22. The summed E-state index contributed by atoms with van der Waals surface area (Å²) in [7, 11) is 0. The van der Waals surface area contributed by atoms with Crippen LogP contribution in [0.15, 0.2) is 10.8 Å². The van der Waals surface area contributed by atoms with E-state index < -0.39 is 5.97 Å². The molecule has 0 radical (unpaired) electrons. The van der Waals surface area contributed by atoms with Gasteiger partial charge >= 0.3 is 5.97 Å². The van der Waals surface area contributed by atoms with Crippen LogP contribution < -0.4 is 0 Å². The molecule has 1 aromatic heterocycles. The highest BCUT2D eigenvalue weighted by Crippen LogP contribution is 2.46. The molecule has 1 heterocycles. The predicted molar refractivity (Wildman–Crippen MR) is 63.1 cm³/mol. The number of hydrogen-bond acceptors (Lipinski definition) is 3. The number of hydrogen-bond donors (Lipinski definition) is 1. The third kappa shape index (κ3) is 2.21. The topological polar surface area (TPSA) is 63.3 Å². The third-order valence-electron chi connectivity index (χ3n) is 3.61. The molecule has 1 aromatic rings. The highest BCUT2D eigenvalue weighted by molar-refractivity contribution is 5.86. The van der Waals surface area contributed by atoms with Crippen LogP contribution >= 0.6 is 0 Å². The highest BCUT2D eigenvalue weighted by Gasteiger charge is 2.42. The molecule has 0 aromatic carbocycles. The first kappa shape index (κ1) is 12.1. The minimum atomic E-state index is -0.983. The molecule has 0 spiro atoms. The monoisotopic (exact) mass is 237 g/mol. The van der Waals surface area contributed by atoms with Gasteiger partial charge in [0, 0.05) is 5.41 Å². The zero-order valence-electron chi connectivity index (χ0n) is 10.4. The lowest BCUT2D eigenvalue weighted by Crippen LogP contribution is -2.26. The molecule has 1 aliphatic rings. The summed E-state index contributed by atoms with van der Waals surface area (Å²) < 4.78 is 5.42. The summed E-state index contributed by atoms with van der Waals surface area (Å²) >= 11 is 0. The summed E-state index contributed by atoms with van der Waals surface area (Å²) in [5.74, 6) is 0.139. The van der Waals surface area contributed by atoms with Crippen molar-refractivity contribution in [3.63, 3.8) is 0 Å². The van der Waals surface area contributed by atoms with Crippen molar-refractivity contribution in [1.82, 2.24) is 4.98 Å². The Labute approximate surface area is 101 Å². The fourth-order valence-electron chi connectivity index (χ4n) is 3.13. The van der Waals surface area contributed by atoms with Crippen LogP contribution in [0.4, 0.5) is 0 Å². The Balaban J connectivity index is 2.38. The number of carboxylic acid groups (broad SMARTS) is 1. The Hall–Kier alpha value is -1.32. The number of carboxylic acids is 1. The summed E-state index contributed by atoms with van der Waals surface area (Å²) in [5, 5.41) is 9.14. The molecule has 0 atom stereocenters. The van der Waals surface area contributed by atoms with Gasteiger partial charge in [0.25, 0.3) is 0 Å². The second-order valence-electron chi connectivity index (χ2n) is 5.42. The zero-order chi connectivity index (χ0) is 12.5. The largest absolute Gasteiger partial charge is 0.476 e. The lowest BCUT2D eigenvalue weighted by Gasteiger charge is -2.28. The average Bonchev–Trinajstić information content (AvgIpc) is 2.83. The van der Waals surface area contributed by atoms with E-state index in [1.54, 1.807) is 0 Å². The summed E-state index contributed by atoms with van der Waals surface area (Å²) in [6, 6.07) is 0. The van der Waals surface area contributed by atoms with E-state index in [0.717, 1.165) is 32.1 Å². The lowest BCUT2D eigenvalue weighted by molar-refractivity contribution is 0.0684. The van der Waals surface area contributed by atoms with Gasteiger partial charge < -0.3 is 9.52 Å². The van der Waals surface area contributed by atoms with Crippen LogP contribution in [-0.4, -0.2) is 16.1 Å². The molecule has 0 aliphatic heterocycles. The first-order chi connectivity index (χ1) is 8.05. The molecule has 2 rings (SSSR count). The van der Waals surface area contributed by atoms with Crippen molar-refractivity contribution >= 4 is 5.97 Å².